The van der Waals surface area contributed by atoms with E-state index in [1.54, 1.807) is 6.07 Å². The summed E-state index contributed by atoms with van der Waals surface area (Å²) in [6.45, 7) is -2.65. The molecule has 0 aliphatic carbocycles. The van der Waals surface area contributed by atoms with Gasteiger partial charge in [-0.25, -0.2) is 4.98 Å². The smallest absolute Gasteiger partial charge is 0.235 e. The van der Waals surface area contributed by atoms with Crippen LogP contribution in [-0.2, 0) is 0 Å². The zero-order chi connectivity index (χ0) is 9.42. The molecule has 0 aromatic carbocycles. The van der Waals surface area contributed by atoms with Gasteiger partial charge in [-0.05, 0) is 22.0 Å². The van der Waals surface area contributed by atoms with Crippen molar-refractivity contribution >= 4 is 27.0 Å². The third kappa shape index (κ3) is 1.41. The zero-order valence-corrected chi connectivity index (χ0v) is 7.87. The van der Waals surface area contributed by atoms with Gasteiger partial charge in [0.1, 0.15) is 0 Å². The van der Waals surface area contributed by atoms with Crippen molar-refractivity contribution in [2.75, 3.05) is 0 Å². The highest BCUT2D eigenvalue weighted by atomic mass is 79.9. The van der Waals surface area contributed by atoms with E-state index in [1.165, 1.54) is 12.4 Å². The van der Waals surface area contributed by atoms with Crippen molar-refractivity contribution in [3.8, 4) is 0 Å². The third-order valence-corrected chi connectivity index (χ3v) is 2.02. The van der Waals surface area contributed by atoms with Crippen LogP contribution in [0.2, 0.25) is 0 Å². The third-order valence-electron chi connectivity index (χ3n) is 1.58. The Hall–Kier alpha value is -1.04. The van der Waals surface area contributed by atoms with E-state index < -0.39 is 6.55 Å². The number of rotatable bonds is 1. The quantitative estimate of drug-likeness (QED) is 0.776. The summed E-state index contributed by atoms with van der Waals surface area (Å²) in [5.41, 5.74) is 0.193. The van der Waals surface area contributed by atoms with Gasteiger partial charge >= 0.3 is 6.55 Å². The van der Waals surface area contributed by atoms with Crippen molar-refractivity contribution < 1.29 is 8.78 Å². The highest BCUT2D eigenvalue weighted by Gasteiger charge is 2.11. The lowest BCUT2D eigenvalue weighted by molar-refractivity contribution is 0.0609. The maximum Gasteiger partial charge on any atom is 0.335 e. The van der Waals surface area contributed by atoms with Gasteiger partial charge in [0.15, 0.2) is 5.65 Å². The Bertz CT molecular complexity index is 440. The average Bonchev–Trinajstić information content (AvgIpc) is 2.46. The molecule has 0 unspecified atom stereocenters. The number of alkyl halides is 2. The predicted molar refractivity (Wildman–Crippen MR) is 46.5 cm³/mol. The Balaban J connectivity index is 2.69. The second-order valence-electron chi connectivity index (χ2n) is 2.43. The van der Waals surface area contributed by atoms with E-state index in [2.05, 4.69) is 26.0 Å². The lowest BCUT2D eigenvalue weighted by Crippen LogP contribution is -2.00. The molecule has 2 rings (SSSR count). The van der Waals surface area contributed by atoms with E-state index in [1.807, 2.05) is 0 Å². The highest BCUT2D eigenvalue weighted by molar-refractivity contribution is 9.10. The molecular formula is C7H4BrF2N3. The van der Waals surface area contributed by atoms with Crippen LogP contribution in [0.3, 0.4) is 0 Å². The van der Waals surface area contributed by atoms with Crippen molar-refractivity contribution in [3.05, 3.63) is 22.9 Å². The lowest BCUT2D eigenvalue weighted by Gasteiger charge is -1.98. The van der Waals surface area contributed by atoms with Crippen molar-refractivity contribution in [2.24, 2.45) is 0 Å². The number of hydrogen-bond acceptors (Lipinski definition) is 2. The largest absolute Gasteiger partial charge is 0.335 e. The SMILES string of the molecule is FC(F)n1ncc2cc(Br)cnc21. The van der Waals surface area contributed by atoms with E-state index in [4.69, 9.17) is 0 Å². The standard InChI is InChI=1S/C7H4BrF2N3/c8-5-1-4-2-12-13(7(9)10)6(4)11-3-5/h1-3,7H. The summed E-state index contributed by atoms with van der Waals surface area (Å²) in [5.74, 6) is 0. The molecule has 0 atom stereocenters. The minimum Gasteiger partial charge on any atom is -0.235 e. The van der Waals surface area contributed by atoms with Crippen molar-refractivity contribution in [1.29, 1.82) is 0 Å². The average molecular weight is 248 g/mol. The molecule has 0 saturated carbocycles. The summed E-state index contributed by atoms with van der Waals surface area (Å²) < 4.78 is 25.9. The van der Waals surface area contributed by atoms with Gasteiger partial charge in [0.2, 0.25) is 0 Å². The first kappa shape index (κ1) is 8.55. The summed E-state index contributed by atoms with van der Waals surface area (Å²) >= 11 is 3.19. The Labute approximate surface area is 80.5 Å². The first-order valence-electron chi connectivity index (χ1n) is 3.45. The van der Waals surface area contributed by atoms with Crippen molar-refractivity contribution in [2.45, 2.75) is 6.55 Å². The lowest BCUT2D eigenvalue weighted by atomic mass is 10.4. The van der Waals surface area contributed by atoms with Crippen LogP contribution in [0.1, 0.15) is 6.55 Å². The molecule has 2 heterocycles. The van der Waals surface area contributed by atoms with Crippen LogP contribution in [0, 0.1) is 0 Å². The maximum atomic E-state index is 12.3. The fourth-order valence-corrected chi connectivity index (χ4v) is 1.41. The number of nitrogens with zero attached hydrogens (tertiary/aromatic N) is 3. The van der Waals surface area contributed by atoms with Crippen molar-refractivity contribution in [3.63, 3.8) is 0 Å². The molecule has 68 valence electrons. The van der Waals surface area contributed by atoms with Crippen LogP contribution >= 0.6 is 15.9 Å². The van der Waals surface area contributed by atoms with Crippen LogP contribution in [0.15, 0.2) is 22.9 Å². The Morgan fingerprint density at radius 2 is 2.15 bits per heavy atom. The van der Waals surface area contributed by atoms with E-state index in [-0.39, 0.29) is 5.65 Å². The molecule has 0 amide bonds. The summed E-state index contributed by atoms with van der Waals surface area (Å²) in [6.07, 6.45) is 2.82. The van der Waals surface area contributed by atoms with Gasteiger partial charge in [-0.15, -0.1) is 0 Å². The van der Waals surface area contributed by atoms with Gasteiger partial charge < -0.3 is 0 Å². The molecule has 0 radical (unpaired) electrons. The molecule has 3 nitrogen and oxygen atoms in total. The monoisotopic (exact) mass is 247 g/mol. The molecule has 13 heavy (non-hydrogen) atoms. The first-order valence-corrected chi connectivity index (χ1v) is 4.24. The molecule has 0 N–H and O–H groups in total. The molecule has 0 aliphatic rings. The molecule has 2 aromatic heterocycles. The zero-order valence-electron chi connectivity index (χ0n) is 6.28. The fraction of sp³-hybridized carbons (Fsp3) is 0.143. The van der Waals surface area contributed by atoms with Crippen LogP contribution in [-0.4, -0.2) is 14.8 Å². The van der Waals surface area contributed by atoms with Crippen LogP contribution in [0.4, 0.5) is 8.78 Å². The topological polar surface area (TPSA) is 30.7 Å². The van der Waals surface area contributed by atoms with E-state index >= 15 is 0 Å². The molecule has 6 heteroatoms. The molecule has 0 fully saturated rings. The molecule has 0 saturated heterocycles. The Morgan fingerprint density at radius 1 is 1.38 bits per heavy atom. The second-order valence-corrected chi connectivity index (χ2v) is 3.35. The summed E-state index contributed by atoms with van der Waals surface area (Å²) in [6, 6.07) is 1.69. The van der Waals surface area contributed by atoms with Gasteiger partial charge in [0.05, 0.1) is 6.20 Å². The van der Waals surface area contributed by atoms with Crippen LogP contribution < -0.4 is 0 Å². The molecule has 0 aliphatic heterocycles. The molecule has 2 aromatic rings. The van der Waals surface area contributed by atoms with Crippen LogP contribution in [0.25, 0.3) is 11.0 Å². The van der Waals surface area contributed by atoms with Crippen LogP contribution in [0.5, 0.6) is 0 Å². The highest BCUT2D eigenvalue weighted by Crippen LogP contribution is 2.20. The van der Waals surface area contributed by atoms with Gasteiger partial charge in [0, 0.05) is 16.1 Å². The number of halogens is 3. The van der Waals surface area contributed by atoms with Gasteiger partial charge in [-0.2, -0.15) is 18.6 Å². The molecule has 0 bridgehead atoms. The normalized spacial score (nSPS) is 11.4. The number of aromatic nitrogens is 3. The maximum absolute atomic E-state index is 12.3. The van der Waals surface area contributed by atoms with E-state index in [9.17, 15) is 8.78 Å². The van der Waals surface area contributed by atoms with Gasteiger partial charge in [0.25, 0.3) is 0 Å². The summed E-state index contributed by atoms with van der Waals surface area (Å²) in [5, 5.41) is 4.11. The summed E-state index contributed by atoms with van der Waals surface area (Å²) in [4.78, 5) is 3.84. The van der Waals surface area contributed by atoms with Crippen molar-refractivity contribution in [1.82, 2.24) is 14.8 Å². The van der Waals surface area contributed by atoms with E-state index in [0.29, 0.717) is 10.1 Å². The fourth-order valence-electron chi connectivity index (χ4n) is 1.06. The first-order chi connectivity index (χ1) is 6.18. The Kier molecular flexibility index (Phi) is 1.99. The minimum atomic E-state index is -2.65. The molecule has 0 spiro atoms. The number of pyridine rings is 1. The van der Waals surface area contributed by atoms with Gasteiger partial charge in [-0.3, -0.25) is 0 Å². The van der Waals surface area contributed by atoms with E-state index in [0.717, 1.165) is 4.47 Å². The number of fused-ring (bicyclic) bond motifs is 1. The molecular weight excluding hydrogens is 244 g/mol. The summed E-state index contributed by atoms with van der Waals surface area (Å²) in [7, 11) is 0. The predicted octanol–water partition coefficient (Wildman–Crippen LogP) is 2.59. The minimum absolute atomic E-state index is 0.193. The van der Waals surface area contributed by atoms with Gasteiger partial charge in [-0.1, -0.05) is 0 Å². The Morgan fingerprint density at radius 3 is 2.85 bits per heavy atom. The number of hydrogen-bond donors (Lipinski definition) is 0. The second kappa shape index (κ2) is 3.02.